The molecule has 0 aliphatic heterocycles. The second kappa shape index (κ2) is 19.8. The Morgan fingerprint density at radius 2 is 1.14 bits per heavy atom. The summed E-state index contributed by atoms with van der Waals surface area (Å²) in [6.07, 6.45) is 4.20. The van der Waals surface area contributed by atoms with Crippen molar-refractivity contribution in [2.45, 2.75) is 123 Å². The summed E-state index contributed by atoms with van der Waals surface area (Å²) < 4.78 is 11.1. The average Bonchev–Trinajstić information content (AvgIpc) is 3.15. The number of carbonyl (C=O) groups is 2. The SMILES string of the molecule is COc1cc(NC(C)CCCNC(=O)N[C@@H](CCCN)C(=O)NCCCC(C)Nc2cc(OC)cc3ccc(C(C)(C)C)nc23)c2nc(C(C)(C)C)ccc2c1. The maximum Gasteiger partial charge on any atom is 0.315 e. The largest absolute Gasteiger partial charge is 0.497 e. The molecule has 0 fully saturated rings. The number of amides is 3. The molecule has 0 saturated carbocycles. The van der Waals surface area contributed by atoms with Gasteiger partial charge in [-0.3, -0.25) is 14.8 Å². The van der Waals surface area contributed by atoms with Crippen molar-refractivity contribution in [2.75, 3.05) is 44.5 Å². The third-order valence-corrected chi connectivity index (χ3v) is 9.88. The van der Waals surface area contributed by atoms with E-state index in [0.717, 1.165) is 81.8 Å². The smallest absolute Gasteiger partial charge is 0.315 e. The molecule has 2 heterocycles. The van der Waals surface area contributed by atoms with Crippen LogP contribution in [0.15, 0.2) is 48.5 Å². The minimum absolute atomic E-state index is 0.0752. The predicted octanol–water partition coefficient (Wildman–Crippen LogP) is 7.78. The van der Waals surface area contributed by atoms with Gasteiger partial charge in [0.25, 0.3) is 0 Å². The summed E-state index contributed by atoms with van der Waals surface area (Å²) in [4.78, 5) is 36.1. The highest BCUT2D eigenvalue weighted by molar-refractivity contribution is 5.93. The third-order valence-electron chi connectivity index (χ3n) is 9.88. The first-order valence-electron chi connectivity index (χ1n) is 20.1. The van der Waals surface area contributed by atoms with Gasteiger partial charge < -0.3 is 41.8 Å². The lowest BCUT2D eigenvalue weighted by Crippen LogP contribution is -2.50. The van der Waals surface area contributed by atoms with Gasteiger partial charge in [0.05, 0.1) is 36.6 Å². The lowest BCUT2D eigenvalue weighted by Gasteiger charge is -2.22. The number of fused-ring (bicyclic) bond motifs is 2. The van der Waals surface area contributed by atoms with E-state index >= 15 is 0 Å². The number of carbonyl (C=O) groups excluding carboxylic acids is 2. The number of urea groups is 1. The van der Waals surface area contributed by atoms with Crippen LogP contribution in [0.5, 0.6) is 11.5 Å². The van der Waals surface area contributed by atoms with E-state index < -0.39 is 6.04 Å². The number of methoxy groups -OCH3 is 2. The van der Waals surface area contributed by atoms with E-state index in [-0.39, 0.29) is 34.9 Å². The van der Waals surface area contributed by atoms with Gasteiger partial charge in [0, 0.05) is 70.3 Å². The van der Waals surface area contributed by atoms with Crippen molar-refractivity contribution < 1.29 is 19.1 Å². The van der Waals surface area contributed by atoms with Gasteiger partial charge in [-0.15, -0.1) is 0 Å². The Bertz CT molecular complexity index is 1920. The van der Waals surface area contributed by atoms with E-state index in [2.05, 4.69) is 106 Å². The summed E-state index contributed by atoms with van der Waals surface area (Å²) in [5.41, 5.74) is 11.3. The number of pyridine rings is 2. The van der Waals surface area contributed by atoms with Crippen LogP contribution in [0.25, 0.3) is 21.8 Å². The van der Waals surface area contributed by atoms with E-state index in [1.54, 1.807) is 14.2 Å². The zero-order valence-corrected chi connectivity index (χ0v) is 35.3. The lowest BCUT2D eigenvalue weighted by molar-refractivity contribution is -0.123. The molecule has 2 aromatic carbocycles. The maximum absolute atomic E-state index is 13.2. The average molecular weight is 771 g/mol. The molecular formula is C44H66N8O4. The fraction of sp³-hybridized carbons (Fsp3) is 0.545. The van der Waals surface area contributed by atoms with Gasteiger partial charge in [0.2, 0.25) is 5.91 Å². The van der Waals surface area contributed by atoms with Gasteiger partial charge in [0.1, 0.15) is 17.5 Å². The first-order valence-corrected chi connectivity index (χ1v) is 20.1. The molecule has 4 aromatic rings. The number of rotatable bonds is 19. The van der Waals surface area contributed by atoms with E-state index in [1.165, 1.54) is 0 Å². The van der Waals surface area contributed by atoms with Gasteiger partial charge in [-0.05, 0) is 83.2 Å². The highest BCUT2D eigenvalue weighted by atomic mass is 16.5. The molecule has 2 unspecified atom stereocenters. The summed E-state index contributed by atoms with van der Waals surface area (Å²) in [5, 5.41) is 18.1. The Morgan fingerprint density at radius 3 is 1.57 bits per heavy atom. The molecule has 3 amide bonds. The maximum atomic E-state index is 13.2. The van der Waals surface area contributed by atoms with Crippen molar-refractivity contribution in [1.29, 1.82) is 0 Å². The number of aromatic nitrogens is 2. The molecule has 3 atom stereocenters. The quantitative estimate of drug-likeness (QED) is 0.0523. The summed E-state index contributed by atoms with van der Waals surface area (Å²) in [6, 6.07) is 15.5. The fourth-order valence-corrected chi connectivity index (χ4v) is 6.54. The molecule has 0 spiro atoms. The highest BCUT2D eigenvalue weighted by Crippen LogP contribution is 2.33. The molecule has 56 heavy (non-hydrogen) atoms. The molecular weight excluding hydrogens is 705 g/mol. The normalized spacial score (nSPS) is 13.5. The Morgan fingerprint density at radius 1 is 0.679 bits per heavy atom. The van der Waals surface area contributed by atoms with Crippen molar-refractivity contribution in [1.82, 2.24) is 25.9 Å². The Kier molecular flexibility index (Phi) is 15.5. The second-order valence-corrected chi connectivity index (χ2v) is 16.9. The monoisotopic (exact) mass is 771 g/mol. The molecule has 0 aliphatic rings. The molecule has 0 aliphatic carbocycles. The standard InChI is InChI=1S/C44H66N8O4/c1-28(48-35-26-32(55-9)24-30-17-19-37(43(3,4)5)51-39(30)35)14-12-22-46-41(53)34(16-11-21-45)50-42(54)47-23-13-15-29(2)49-36-27-33(56-10)25-31-18-20-38(44(6,7)8)52-40(31)36/h17-20,24-29,34,48-49H,11-16,21-23,45H2,1-10H3,(H,46,53)(H2,47,50,54)/t28?,29?,34-/m0/s1. The molecule has 4 rings (SSSR count). The molecule has 7 N–H and O–H groups in total. The molecule has 12 heteroatoms. The van der Waals surface area contributed by atoms with E-state index in [1.807, 2.05) is 24.3 Å². The first-order chi connectivity index (χ1) is 26.5. The molecule has 12 nitrogen and oxygen atoms in total. The van der Waals surface area contributed by atoms with Crippen molar-refractivity contribution in [3.63, 3.8) is 0 Å². The molecule has 0 radical (unpaired) electrons. The molecule has 0 saturated heterocycles. The predicted molar refractivity (Wildman–Crippen MR) is 230 cm³/mol. The van der Waals surface area contributed by atoms with Gasteiger partial charge in [-0.25, -0.2) is 4.79 Å². The van der Waals surface area contributed by atoms with Crippen LogP contribution in [0.4, 0.5) is 16.2 Å². The number of hydrogen-bond donors (Lipinski definition) is 6. The van der Waals surface area contributed by atoms with Crippen LogP contribution in [0.1, 0.15) is 105 Å². The number of nitrogens with one attached hydrogen (secondary N) is 5. The Hall–Kier alpha value is -4.84. The van der Waals surface area contributed by atoms with Crippen LogP contribution in [-0.2, 0) is 15.6 Å². The second-order valence-electron chi connectivity index (χ2n) is 16.9. The van der Waals surface area contributed by atoms with Gasteiger partial charge in [0.15, 0.2) is 0 Å². The van der Waals surface area contributed by atoms with Gasteiger partial charge >= 0.3 is 6.03 Å². The van der Waals surface area contributed by atoms with Crippen molar-refractivity contribution >= 4 is 45.1 Å². The van der Waals surface area contributed by atoms with Crippen molar-refractivity contribution in [3.8, 4) is 11.5 Å². The summed E-state index contributed by atoms with van der Waals surface area (Å²) in [7, 11) is 3.33. The van der Waals surface area contributed by atoms with E-state index in [4.69, 9.17) is 25.2 Å². The summed E-state index contributed by atoms with van der Waals surface area (Å²) in [6.45, 7) is 18.6. The fourth-order valence-electron chi connectivity index (χ4n) is 6.54. The number of nitrogens with zero attached hydrogens (tertiary/aromatic N) is 2. The third kappa shape index (κ3) is 12.6. The van der Waals surface area contributed by atoms with Gasteiger partial charge in [-0.1, -0.05) is 53.7 Å². The van der Waals surface area contributed by atoms with Crippen molar-refractivity contribution in [2.24, 2.45) is 5.73 Å². The van der Waals surface area contributed by atoms with Crippen LogP contribution in [0, 0.1) is 0 Å². The van der Waals surface area contributed by atoms with Crippen molar-refractivity contribution in [3.05, 3.63) is 59.9 Å². The number of anilines is 2. The number of hydrogen-bond acceptors (Lipinski definition) is 9. The molecule has 2 aromatic heterocycles. The Balaban J connectivity index is 1.23. The minimum Gasteiger partial charge on any atom is -0.497 e. The van der Waals surface area contributed by atoms with Crippen LogP contribution < -0.4 is 41.8 Å². The Labute approximate surface area is 333 Å². The van der Waals surface area contributed by atoms with Gasteiger partial charge in [-0.2, -0.15) is 0 Å². The summed E-state index contributed by atoms with van der Waals surface area (Å²) >= 11 is 0. The highest BCUT2D eigenvalue weighted by Gasteiger charge is 2.22. The zero-order valence-electron chi connectivity index (χ0n) is 35.3. The van der Waals surface area contributed by atoms with E-state index in [0.29, 0.717) is 32.5 Å². The first kappa shape index (κ1) is 43.9. The number of ether oxygens (including phenoxy) is 2. The molecule has 306 valence electrons. The topological polar surface area (TPSA) is 165 Å². The zero-order chi connectivity index (χ0) is 41.0. The minimum atomic E-state index is -0.673. The van der Waals surface area contributed by atoms with E-state index in [9.17, 15) is 9.59 Å². The van der Waals surface area contributed by atoms with Crippen LogP contribution in [0.3, 0.4) is 0 Å². The van der Waals surface area contributed by atoms with Crippen LogP contribution in [0.2, 0.25) is 0 Å². The van der Waals surface area contributed by atoms with Crippen LogP contribution in [-0.4, -0.2) is 73.9 Å². The summed E-state index contributed by atoms with van der Waals surface area (Å²) in [5.74, 6) is 1.32. The lowest BCUT2D eigenvalue weighted by atomic mass is 9.91. The molecule has 0 bridgehead atoms. The van der Waals surface area contributed by atoms with Crippen LogP contribution >= 0.6 is 0 Å². The number of benzene rings is 2. The number of nitrogens with two attached hydrogens (primary N) is 1.